The number of urea groups is 1. The summed E-state index contributed by atoms with van der Waals surface area (Å²) in [6.45, 7) is 8.03. The van der Waals surface area contributed by atoms with Crippen LogP contribution in [-0.2, 0) is 0 Å². The zero-order valence-electron chi connectivity index (χ0n) is 9.54. The number of nitrogens with one attached hydrogen (secondary N) is 1. The first-order valence-corrected chi connectivity index (χ1v) is 6.06. The van der Waals surface area contributed by atoms with Crippen LogP contribution >= 0.6 is 0 Å². The second-order valence-electron chi connectivity index (χ2n) is 4.57. The number of rotatable bonds is 4. The third-order valence-corrected chi connectivity index (χ3v) is 3.32. The molecule has 0 radical (unpaired) electrons. The van der Waals surface area contributed by atoms with Crippen molar-refractivity contribution in [1.82, 2.24) is 15.1 Å². The molecule has 86 valence electrons. The lowest BCUT2D eigenvalue weighted by Gasteiger charge is -2.20. The van der Waals surface area contributed by atoms with E-state index in [1.165, 1.54) is 6.42 Å². The summed E-state index contributed by atoms with van der Waals surface area (Å²) < 4.78 is 0. The van der Waals surface area contributed by atoms with E-state index in [1.807, 2.05) is 9.80 Å². The Kier molecular flexibility index (Phi) is 3.46. The quantitative estimate of drug-likeness (QED) is 0.744. The molecule has 2 heterocycles. The van der Waals surface area contributed by atoms with E-state index in [0.29, 0.717) is 5.92 Å². The minimum absolute atomic E-state index is 0.253. The van der Waals surface area contributed by atoms with Crippen LogP contribution in [0.25, 0.3) is 0 Å². The van der Waals surface area contributed by atoms with Crippen LogP contribution in [0.1, 0.15) is 19.8 Å². The van der Waals surface area contributed by atoms with Crippen LogP contribution in [0.2, 0.25) is 0 Å². The lowest BCUT2D eigenvalue weighted by atomic mass is 10.1. The Hall–Kier alpha value is -0.770. The minimum atomic E-state index is 0.253. The first kappa shape index (κ1) is 10.7. The number of hydrogen-bond donors (Lipinski definition) is 1. The SMILES string of the molecule is CCCN1CCN(CC2CCNC2)C1=O. The molecular weight excluding hydrogens is 190 g/mol. The number of carbonyl (C=O) groups is 1. The van der Waals surface area contributed by atoms with Gasteiger partial charge < -0.3 is 15.1 Å². The summed E-state index contributed by atoms with van der Waals surface area (Å²) >= 11 is 0. The van der Waals surface area contributed by atoms with Gasteiger partial charge in [-0.1, -0.05) is 6.92 Å². The molecule has 0 saturated carbocycles. The van der Waals surface area contributed by atoms with Crippen molar-refractivity contribution in [2.75, 3.05) is 39.3 Å². The van der Waals surface area contributed by atoms with Crippen LogP contribution in [0, 0.1) is 5.92 Å². The first-order valence-electron chi connectivity index (χ1n) is 6.06. The number of carbonyl (C=O) groups excluding carboxylic acids is 1. The molecule has 0 spiro atoms. The predicted molar refractivity (Wildman–Crippen MR) is 59.8 cm³/mol. The summed E-state index contributed by atoms with van der Waals surface area (Å²) in [5.41, 5.74) is 0. The van der Waals surface area contributed by atoms with Crippen molar-refractivity contribution in [1.29, 1.82) is 0 Å². The molecular formula is C11H21N3O. The van der Waals surface area contributed by atoms with Gasteiger partial charge in [-0.2, -0.15) is 0 Å². The molecule has 1 atom stereocenters. The van der Waals surface area contributed by atoms with Gasteiger partial charge in [0.2, 0.25) is 0 Å². The predicted octanol–water partition coefficient (Wildman–Crippen LogP) is 0.744. The van der Waals surface area contributed by atoms with E-state index >= 15 is 0 Å². The van der Waals surface area contributed by atoms with E-state index in [0.717, 1.165) is 45.7 Å². The Morgan fingerprint density at radius 1 is 1.40 bits per heavy atom. The number of nitrogens with zero attached hydrogens (tertiary/aromatic N) is 2. The molecule has 4 nitrogen and oxygen atoms in total. The molecule has 1 N–H and O–H groups in total. The van der Waals surface area contributed by atoms with Gasteiger partial charge in [-0.15, -0.1) is 0 Å². The third kappa shape index (κ3) is 2.43. The maximum atomic E-state index is 11.9. The van der Waals surface area contributed by atoms with Crippen molar-refractivity contribution in [2.24, 2.45) is 5.92 Å². The van der Waals surface area contributed by atoms with Gasteiger partial charge in [-0.3, -0.25) is 0 Å². The molecule has 2 amide bonds. The fraction of sp³-hybridized carbons (Fsp3) is 0.909. The van der Waals surface area contributed by atoms with Crippen LogP contribution in [0.5, 0.6) is 0 Å². The molecule has 0 bridgehead atoms. The monoisotopic (exact) mass is 211 g/mol. The fourth-order valence-corrected chi connectivity index (χ4v) is 2.46. The van der Waals surface area contributed by atoms with Crippen molar-refractivity contribution in [2.45, 2.75) is 19.8 Å². The van der Waals surface area contributed by atoms with E-state index in [9.17, 15) is 4.79 Å². The van der Waals surface area contributed by atoms with Crippen LogP contribution in [0.3, 0.4) is 0 Å². The van der Waals surface area contributed by atoms with Crippen molar-refractivity contribution in [3.05, 3.63) is 0 Å². The van der Waals surface area contributed by atoms with Crippen molar-refractivity contribution >= 4 is 6.03 Å². The molecule has 1 unspecified atom stereocenters. The second-order valence-corrected chi connectivity index (χ2v) is 4.57. The van der Waals surface area contributed by atoms with Gasteiger partial charge in [0.1, 0.15) is 0 Å². The maximum Gasteiger partial charge on any atom is 0.320 e. The third-order valence-electron chi connectivity index (χ3n) is 3.32. The Morgan fingerprint density at radius 2 is 2.20 bits per heavy atom. The molecule has 2 saturated heterocycles. The fourth-order valence-electron chi connectivity index (χ4n) is 2.46. The second kappa shape index (κ2) is 4.84. The van der Waals surface area contributed by atoms with Crippen LogP contribution in [0.4, 0.5) is 4.79 Å². The average Bonchev–Trinajstić information content (AvgIpc) is 2.83. The van der Waals surface area contributed by atoms with Crippen LogP contribution < -0.4 is 5.32 Å². The van der Waals surface area contributed by atoms with Gasteiger partial charge in [0.25, 0.3) is 0 Å². The van der Waals surface area contributed by atoms with Crippen molar-refractivity contribution in [3.8, 4) is 0 Å². The first-order chi connectivity index (χ1) is 7.31. The molecule has 0 aromatic carbocycles. The smallest absolute Gasteiger partial charge is 0.320 e. The molecule has 2 aliphatic rings. The normalized spacial score (nSPS) is 26.7. The molecule has 4 heteroatoms. The van der Waals surface area contributed by atoms with Gasteiger partial charge in [-0.05, 0) is 31.8 Å². The Balaban J connectivity index is 1.81. The highest BCUT2D eigenvalue weighted by Crippen LogP contribution is 2.15. The topological polar surface area (TPSA) is 35.6 Å². The summed E-state index contributed by atoms with van der Waals surface area (Å²) in [5.74, 6) is 0.676. The van der Waals surface area contributed by atoms with Gasteiger partial charge in [0.05, 0.1) is 0 Å². The largest absolute Gasteiger partial charge is 0.323 e. The zero-order valence-corrected chi connectivity index (χ0v) is 9.54. The highest BCUT2D eigenvalue weighted by Gasteiger charge is 2.29. The average molecular weight is 211 g/mol. The molecule has 0 aliphatic carbocycles. The lowest BCUT2D eigenvalue weighted by Crippen LogP contribution is -2.35. The summed E-state index contributed by atoms with van der Waals surface area (Å²) in [4.78, 5) is 15.9. The standard InChI is InChI=1S/C11H21N3O/c1-2-5-13-6-7-14(11(13)15)9-10-3-4-12-8-10/h10,12H,2-9H2,1H3. The van der Waals surface area contributed by atoms with Gasteiger partial charge in [0, 0.05) is 26.2 Å². The lowest BCUT2D eigenvalue weighted by molar-refractivity contribution is 0.187. The minimum Gasteiger partial charge on any atom is -0.323 e. The summed E-state index contributed by atoms with van der Waals surface area (Å²) in [6, 6.07) is 0.253. The summed E-state index contributed by atoms with van der Waals surface area (Å²) in [5, 5.41) is 3.35. The zero-order chi connectivity index (χ0) is 10.7. The van der Waals surface area contributed by atoms with E-state index in [4.69, 9.17) is 0 Å². The van der Waals surface area contributed by atoms with Crippen LogP contribution in [0.15, 0.2) is 0 Å². The van der Waals surface area contributed by atoms with Crippen LogP contribution in [-0.4, -0.2) is 55.1 Å². The molecule has 0 aromatic rings. The summed E-state index contributed by atoms with van der Waals surface area (Å²) in [6.07, 6.45) is 2.28. The van der Waals surface area contributed by atoms with E-state index in [2.05, 4.69) is 12.2 Å². The Morgan fingerprint density at radius 3 is 2.87 bits per heavy atom. The van der Waals surface area contributed by atoms with Crippen molar-refractivity contribution < 1.29 is 4.79 Å². The van der Waals surface area contributed by atoms with E-state index in [-0.39, 0.29) is 6.03 Å². The van der Waals surface area contributed by atoms with E-state index in [1.54, 1.807) is 0 Å². The van der Waals surface area contributed by atoms with Gasteiger partial charge >= 0.3 is 6.03 Å². The Labute approximate surface area is 91.6 Å². The molecule has 2 fully saturated rings. The highest BCUT2D eigenvalue weighted by molar-refractivity contribution is 5.76. The van der Waals surface area contributed by atoms with E-state index < -0.39 is 0 Å². The molecule has 2 aliphatic heterocycles. The molecule has 2 rings (SSSR count). The van der Waals surface area contributed by atoms with Gasteiger partial charge in [0.15, 0.2) is 0 Å². The van der Waals surface area contributed by atoms with Gasteiger partial charge in [-0.25, -0.2) is 4.79 Å². The molecule has 0 aromatic heterocycles. The maximum absolute atomic E-state index is 11.9. The van der Waals surface area contributed by atoms with Crippen molar-refractivity contribution in [3.63, 3.8) is 0 Å². The Bertz CT molecular complexity index is 226. The summed E-state index contributed by atoms with van der Waals surface area (Å²) in [7, 11) is 0. The number of hydrogen-bond acceptors (Lipinski definition) is 2. The number of amides is 2. The highest BCUT2D eigenvalue weighted by atomic mass is 16.2. The molecule has 15 heavy (non-hydrogen) atoms.